The summed E-state index contributed by atoms with van der Waals surface area (Å²) in [7, 11) is -4.26. The molecule has 134 valence electrons. The zero-order valence-electron chi connectivity index (χ0n) is 14.7. The lowest BCUT2D eigenvalue weighted by Crippen LogP contribution is -2.40. The van der Waals surface area contributed by atoms with Crippen LogP contribution in [0.4, 0.5) is 0 Å². The molecule has 1 aromatic rings. The summed E-state index contributed by atoms with van der Waals surface area (Å²) in [6, 6.07) is 6.11. The topological polar surface area (TPSA) is 86.7 Å². The van der Waals surface area contributed by atoms with Crippen molar-refractivity contribution in [2.24, 2.45) is 0 Å². The lowest BCUT2D eigenvalue weighted by molar-refractivity contribution is -0.153. The van der Waals surface area contributed by atoms with Gasteiger partial charge in [-0.05, 0) is 37.0 Å². The lowest BCUT2D eigenvalue weighted by Gasteiger charge is -2.20. The molecular formula is C17H24O6S. The predicted molar refractivity (Wildman–Crippen MR) is 89.4 cm³/mol. The van der Waals surface area contributed by atoms with E-state index in [9.17, 15) is 18.0 Å². The molecule has 0 amide bonds. The van der Waals surface area contributed by atoms with Gasteiger partial charge in [0.15, 0.2) is 0 Å². The molecule has 0 bridgehead atoms. The van der Waals surface area contributed by atoms with E-state index in [1.807, 2.05) is 20.8 Å². The van der Waals surface area contributed by atoms with Crippen LogP contribution in [0, 0.1) is 0 Å². The van der Waals surface area contributed by atoms with E-state index in [0.717, 1.165) is 5.56 Å². The molecule has 0 N–H and O–H groups in total. The van der Waals surface area contributed by atoms with Gasteiger partial charge in [-0.25, -0.2) is 18.0 Å². The zero-order valence-corrected chi connectivity index (χ0v) is 15.5. The van der Waals surface area contributed by atoms with E-state index in [4.69, 9.17) is 9.47 Å². The Bertz CT molecular complexity index is 665. The molecule has 1 aromatic carbocycles. The largest absolute Gasteiger partial charge is 0.465 e. The van der Waals surface area contributed by atoms with Gasteiger partial charge in [0.05, 0.1) is 18.1 Å². The van der Waals surface area contributed by atoms with Gasteiger partial charge in [-0.2, -0.15) is 0 Å². The minimum absolute atomic E-state index is 0.0345. The fourth-order valence-electron chi connectivity index (χ4n) is 2.07. The van der Waals surface area contributed by atoms with Crippen LogP contribution in [0.3, 0.4) is 0 Å². The fourth-order valence-corrected chi connectivity index (χ4v) is 3.50. The summed E-state index contributed by atoms with van der Waals surface area (Å²) in [5, 5.41) is -2.02. The SMILES string of the molecule is CCOC(=O)C(C(=O)OCC)S(=O)(=O)c1ccc(C(C)(C)C)cc1. The Balaban J connectivity index is 3.29. The van der Waals surface area contributed by atoms with Gasteiger partial charge in [0.2, 0.25) is 9.84 Å². The highest BCUT2D eigenvalue weighted by Crippen LogP contribution is 2.25. The Labute approximate surface area is 143 Å². The predicted octanol–water partition coefficient (Wildman–Crippen LogP) is 2.25. The van der Waals surface area contributed by atoms with Crippen LogP contribution in [0.5, 0.6) is 0 Å². The van der Waals surface area contributed by atoms with Gasteiger partial charge in [-0.15, -0.1) is 0 Å². The van der Waals surface area contributed by atoms with Crippen LogP contribution in [0.2, 0.25) is 0 Å². The van der Waals surface area contributed by atoms with Crippen molar-refractivity contribution in [3.8, 4) is 0 Å². The number of ether oxygens (including phenoxy) is 2. The van der Waals surface area contributed by atoms with Gasteiger partial charge in [0, 0.05) is 0 Å². The van der Waals surface area contributed by atoms with Gasteiger partial charge in [-0.3, -0.25) is 0 Å². The summed E-state index contributed by atoms with van der Waals surface area (Å²) in [5.74, 6) is -2.26. The molecule has 0 aliphatic rings. The lowest BCUT2D eigenvalue weighted by atomic mass is 9.87. The number of hydrogen-bond acceptors (Lipinski definition) is 6. The van der Waals surface area contributed by atoms with E-state index < -0.39 is 27.0 Å². The highest BCUT2D eigenvalue weighted by molar-refractivity contribution is 7.93. The van der Waals surface area contributed by atoms with Crippen molar-refractivity contribution in [2.75, 3.05) is 13.2 Å². The molecular weight excluding hydrogens is 332 g/mol. The van der Waals surface area contributed by atoms with Gasteiger partial charge in [-0.1, -0.05) is 32.9 Å². The smallest absolute Gasteiger partial charge is 0.336 e. The molecule has 0 saturated heterocycles. The Morgan fingerprint density at radius 2 is 1.38 bits per heavy atom. The Morgan fingerprint density at radius 3 is 1.71 bits per heavy atom. The molecule has 7 heteroatoms. The summed E-state index contributed by atoms with van der Waals surface area (Å²) in [4.78, 5) is 23.9. The monoisotopic (exact) mass is 356 g/mol. The van der Waals surface area contributed by atoms with Crippen LogP contribution < -0.4 is 0 Å². The summed E-state index contributed by atoms with van der Waals surface area (Å²) in [6.45, 7) is 8.99. The molecule has 0 radical (unpaired) electrons. The van der Waals surface area contributed by atoms with Crippen LogP contribution in [0.25, 0.3) is 0 Å². The second-order valence-corrected chi connectivity index (χ2v) is 8.24. The van der Waals surface area contributed by atoms with E-state index >= 15 is 0 Å². The van der Waals surface area contributed by atoms with Crippen LogP contribution in [-0.2, 0) is 34.3 Å². The van der Waals surface area contributed by atoms with Crippen LogP contribution in [0.15, 0.2) is 29.2 Å². The number of benzene rings is 1. The normalized spacial score (nSPS) is 12.1. The number of carbonyl (C=O) groups is 2. The average molecular weight is 356 g/mol. The Kier molecular flexibility index (Phi) is 6.54. The zero-order chi connectivity index (χ0) is 18.5. The van der Waals surface area contributed by atoms with Crippen molar-refractivity contribution in [3.05, 3.63) is 29.8 Å². The van der Waals surface area contributed by atoms with E-state index in [0.29, 0.717) is 0 Å². The molecule has 0 heterocycles. The molecule has 0 fully saturated rings. The van der Waals surface area contributed by atoms with Crippen molar-refractivity contribution in [1.82, 2.24) is 0 Å². The number of hydrogen-bond donors (Lipinski definition) is 0. The molecule has 6 nitrogen and oxygen atoms in total. The summed E-state index contributed by atoms with van der Waals surface area (Å²) < 4.78 is 34.9. The van der Waals surface area contributed by atoms with Crippen molar-refractivity contribution in [1.29, 1.82) is 0 Å². The minimum atomic E-state index is -4.26. The van der Waals surface area contributed by atoms with Crippen molar-refractivity contribution < 1.29 is 27.5 Å². The van der Waals surface area contributed by atoms with Crippen LogP contribution in [0.1, 0.15) is 40.2 Å². The molecule has 24 heavy (non-hydrogen) atoms. The fraction of sp³-hybridized carbons (Fsp3) is 0.529. The standard InChI is InChI=1S/C17H24O6S/c1-6-22-15(18)14(16(19)23-7-2)24(20,21)13-10-8-12(9-11-13)17(3,4)5/h8-11,14H,6-7H2,1-5H3. The maximum absolute atomic E-state index is 12.7. The number of sulfone groups is 1. The van der Waals surface area contributed by atoms with Crippen LogP contribution >= 0.6 is 0 Å². The van der Waals surface area contributed by atoms with Crippen molar-refractivity contribution >= 4 is 21.8 Å². The molecule has 0 atom stereocenters. The van der Waals surface area contributed by atoms with Crippen molar-refractivity contribution in [3.63, 3.8) is 0 Å². The second kappa shape index (κ2) is 7.79. The molecule has 0 aliphatic carbocycles. The third kappa shape index (κ3) is 4.56. The van der Waals surface area contributed by atoms with E-state index in [-0.39, 0.29) is 23.5 Å². The summed E-state index contributed by atoms with van der Waals surface area (Å²) in [6.07, 6.45) is 0. The average Bonchev–Trinajstić information content (AvgIpc) is 2.47. The highest BCUT2D eigenvalue weighted by atomic mass is 32.2. The van der Waals surface area contributed by atoms with Gasteiger partial charge >= 0.3 is 11.9 Å². The minimum Gasteiger partial charge on any atom is -0.465 e. The van der Waals surface area contributed by atoms with E-state index in [1.54, 1.807) is 12.1 Å². The van der Waals surface area contributed by atoms with E-state index in [2.05, 4.69) is 0 Å². The number of rotatable bonds is 6. The third-order valence-electron chi connectivity index (χ3n) is 3.36. The summed E-state index contributed by atoms with van der Waals surface area (Å²) >= 11 is 0. The first-order chi connectivity index (χ1) is 11.1. The quantitative estimate of drug-likeness (QED) is 0.574. The molecule has 0 aliphatic heterocycles. The van der Waals surface area contributed by atoms with E-state index in [1.165, 1.54) is 26.0 Å². The molecule has 0 unspecified atom stereocenters. The maximum Gasteiger partial charge on any atom is 0.336 e. The van der Waals surface area contributed by atoms with Crippen LogP contribution in [-0.4, -0.2) is 38.8 Å². The number of carbonyl (C=O) groups excluding carboxylic acids is 2. The summed E-state index contributed by atoms with van der Waals surface area (Å²) in [5.41, 5.74) is 0.787. The second-order valence-electron chi connectivity index (χ2n) is 6.20. The Hall–Kier alpha value is -1.89. The molecule has 1 rings (SSSR count). The highest BCUT2D eigenvalue weighted by Gasteiger charge is 2.43. The third-order valence-corrected chi connectivity index (χ3v) is 5.30. The number of esters is 2. The van der Waals surface area contributed by atoms with Gasteiger partial charge < -0.3 is 9.47 Å². The maximum atomic E-state index is 12.7. The Morgan fingerprint density at radius 1 is 0.958 bits per heavy atom. The van der Waals surface area contributed by atoms with Gasteiger partial charge in [0.25, 0.3) is 5.25 Å². The molecule has 0 aromatic heterocycles. The van der Waals surface area contributed by atoms with Gasteiger partial charge in [0.1, 0.15) is 0 Å². The first-order valence-corrected chi connectivity index (χ1v) is 9.28. The van der Waals surface area contributed by atoms with Crippen molar-refractivity contribution in [2.45, 2.75) is 50.2 Å². The molecule has 0 saturated carbocycles. The first-order valence-electron chi connectivity index (χ1n) is 7.73. The first kappa shape index (κ1) is 20.2. The molecule has 0 spiro atoms.